The van der Waals surface area contributed by atoms with E-state index in [4.69, 9.17) is 0 Å². The van der Waals surface area contributed by atoms with Crippen molar-refractivity contribution in [1.29, 1.82) is 0 Å². The lowest BCUT2D eigenvalue weighted by Crippen LogP contribution is -2.35. The predicted molar refractivity (Wildman–Crippen MR) is 102 cm³/mol. The summed E-state index contributed by atoms with van der Waals surface area (Å²) >= 11 is 0. The highest BCUT2D eigenvalue weighted by Crippen LogP contribution is 2.34. The number of aryl methyl sites for hydroxylation is 2. The van der Waals surface area contributed by atoms with Crippen LogP contribution in [0.1, 0.15) is 12.1 Å². The van der Waals surface area contributed by atoms with E-state index in [0.29, 0.717) is 17.1 Å². The number of anilines is 1. The first-order valence-corrected chi connectivity index (χ1v) is 10.0. The van der Waals surface area contributed by atoms with Gasteiger partial charge in [0.15, 0.2) is 0 Å². The molecule has 1 aliphatic heterocycles. The van der Waals surface area contributed by atoms with Gasteiger partial charge in [0.25, 0.3) is 10.0 Å². The van der Waals surface area contributed by atoms with Gasteiger partial charge in [0.2, 0.25) is 0 Å². The molecule has 4 aromatic rings. The summed E-state index contributed by atoms with van der Waals surface area (Å²) in [7, 11) is -1.63. The van der Waals surface area contributed by atoms with Crippen LogP contribution in [0.15, 0.2) is 53.6 Å². The van der Waals surface area contributed by atoms with E-state index >= 15 is 0 Å². The second-order valence-electron chi connectivity index (χ2n) is 6.67. The first-order chi connectivity index (χ1) is 12.6. The molecule has 6 nitrogen and oxygen atoms in total. The highest BCUT2D eigenvalue weighted by molar-refractivity contribution is 7.92. The van der Waals surface area contributed by atoms with Gasteiger partial charge in [0.05, 0.1) is 22.5 Å². The molecule has 0 saturated heterocycles. The fourth-order valence-electron chi connectivity index (χ4n) is 3.91. The third-order valence-corrected chi connectivity index (χ3v) is 7.03. The van der Waals surface area contributed by atoms with Crippen molar-refractivity contribution in [3.63, 3.8) is 0 Å². The first-order valence-electron chi connectivity index (χ1n) is 8.59. The molecule has 0 atom stereocenters. The molecule has 0 fully saturated rings. The lowest BCUT2D eigenvalue weighted by atomic mass is 10.1. The Bertz CT molecular complexity index is 1250. The number of nitrogens with zero attached hydrogens (tertiary/aromatic N) is 3. The average molecular weight is 366 g/mol. The summed E-state index contributed by atoms with van der Waals surface area (Å²) < 4.78 is 30.2. The summed E-state index contributed by atoms with van der Waals surface area (Å²) in [6.45, 7) is 0.475. The molecular formula is C19H18N4O2S. The van der Waals surface area contributed by atoms with Gasteiger partial charge in [-0.2, -0.15) is 5.10 Å². The molecule has 26 heavy (non-hydrogen) atoms. The number of hydrogen-bond acceptors (Lipinski definition) is 3. The number of aromatic amines is 1. The van der Waals surface area contributed by atoms with Gasteiger partial charge in [0, 0.05) is 35.4 Å². The van der Waals surface area contributed by atoms with Crippen LogP contribution in [0.25, 0.3) is 21.8 Å². The SMILES string of the molecule is Cn1c2ccccc2c2cc(S(=O)(=O)N3CCCc4[nH]ncc43)ccc21. The van der Waals surface area contributed by atoms with Crippen molar-refractivity contribution in [2.45, 2.75) is 17.7 Å². The quantitative estimate of drug-likeness (QED) is 0.592. The summed E-state index contributed by atoms with van der Waals surface area (Å²) in [5.74, 6) is 0. The highest BCUT2D eigenvalue weighted by Gasteiger charge is 2.30. The van der Waals surface area contributed by atoms with Gasteiger partial charge < -0.3 is 4.57 Å². The Hall–Kier alpha value is -2.80. The van der Waals surface area contributed by atoms with E-state index < -0.39 is 10.0 Å². The molecule has 0 radical (unpaired) electrons. The molecule has 3 heterocycles. The minimum Gasteiger partial charge on any atom is -0.344 e. The molecule has 1 N–H and O–H groups in total. The van der Waals surface area contributed by atoms with E-state index in [-0.39, 0.29) is 0 Å². The van der Waals surface area contributed by atoms with Gasteiger partial charge in [-0.1, -0.05) is 18.2 Å². The second kappa shape index (κ2) is 5.35. The lowest BCUT2D eigenvalue weighted by Gasteiger charge is -2.27. The molecule has 0 saturated carbocycles. The average Bonchev–Trinajstić information content (AvgIpc) is 3.25. The zero-order valence-corrected chi connectivity index (χ0v) is 15.1. The number of rotatable bonds is 2. The Labute approximate surface area is 151 Å². The molecule has 2 aromatic carbocycles. The van der Waals surface area contributed by atoms with Crippen LogP contribution in [0, 0.1) is 0 Å². The molecule has 2 aromatic heterocycles. The predicted octanol–water partition coefficient (Wildman–Crippen LogP) is 3.20. The van der Waals surface area contributed by atoms with E-state index in [2.05, 4.69) is 14.8 Å². The van der Waals surface area contributed by atoms with Crippen LogP contribution in [-0.2, 0) is 23.5 Å². The number of para-hydroxylation sites is 1. The van der Waals surface area contributed by atoms with Crippen LogP contribution in [-0.4, -0.2) is 29.7 Å². The summed E-state index contributed by atoms with van der Waals surface area (Å²) in [6.07, 6.45) is 3.21. The van der Waals surface area contributed by atoms with Gasteiger partial charge in [-0.3, -0.25) is 9.40 Å². The van der Waals surface area contributed by atoms with Gasteiger partial charge in [-0.15, -0.1) is 0 Å². The van der Waals surface area contributed by atoms with Gasteiger partial charge in [-0.05, 0) is 37.1 Å². The maximum absolute atomic E-state index is 13.3. The van der Waals surface area contributed by atoms with Crippen LogP contribution >= 0.6 is 0 Å². The first kappa shape index (κ1) is 15.5. The number of benzene rings is 2. The Morgan fingerprint density at radius 1 is 1.08 bits per heavy atom. The Kier molecular flexibility index (Phi) is 3.18. The normalized spacial score (nSPS) is 14.9. The summed E-state index contributed by atoms with van der Waals surface area (Å²) in [5, 5.41) is 8.94. The molecule has 7 heteroatoms. The van der Waals surface area contributed by atoms with Crippen LogP contribution in [0.5, 0.6) is 0 Å². The lowest BCUT2D eigenvalue weighted by molar-refractivity contribution is 0.586. The Balaban J connectivity index is 1.71. The molecule has 5 rings (SSSR count). The van der Waals surface area contributed by atoms with Crippen LogP contribution in [0.4, 0.5) is 5.69 Å². The van der Waals surface area contributed by atoms with Crippen molar-refractivity contribution in [1.82, 2.24) is 14.8 Å². The summed E-state index contributed by atoms with van der Waals surface area (Å²) in [4.78, 5) is 0.315. The van der Waals surface area contributed by atoms with E-state index in [1.807, 2.05) is 37.4 Å². The largest absolute Gasteiger partial charge is 0.344 e. The van der Waals surface area contributed by atoms with E-state index in [9.17, 15) is 8.42 Å². The molecule has 0 spiro atoms. The fraction of sp³-hybridized carbons (Fsp3) is 0.211. The summed E-state index contributed by atoms with van der Waals surface area (Å²) in [6, 6.07) is 13.4. The Morgan fingerprint density at radius 3 is 2.77 bits per heavy atom. The number of fused-ring (bicyclic) bond motifs is 4. The smallest absolute Gasteiger partial charge is 0.264 e. The molecule has 132 valence electrons. The molecule has 1 aliphatic rings. The third-order valence-electron chi connectivity index (χ3n) is 5.23. The third kappa shape index (κ3) is 2.03. The number of aromatic nitrogens is 3. The standard InChI is InChI=1S/C19H18N4O2S/c1-22-17-7-3-2-5-14(17)15-11-13(8-9-18(15)22)26(24,25)23-10-4-6-16-19(23)12-20-21-16/h2-3,5,7-9,11-12H,4,6,10H2,1H3,(H,20,21). The van der Waals surface area contributed by atoms with Crippen LogP contribution in [0.3, 0.4) is 0 Å². The number of H-pyrrole nitrogens is 1. The molecule has 0 bridgehead atoms. The van der Waals surface area contributed by atoms with Gasteiger partial charge >= 0.3 is 0 Å². The fourth-order valence-corrected chi connectivity index (χ4v) is 5.46. The number of sulfonamides is 1. The molecule has 0 unspecified atom stereocenters. The highest BCUT2D eigenvalue weighted by atomic mass is 32.2. The topological polar surface area (TPSA) is 71.0 Å². The minimum absolute atomic E-state index is 0.315. The molecule has 0 amide bonds. The maximum atomic E-state index is 13.3. The Morgan fingerprint density at radius 2 is 1.88 bits per heavy atom. The number of nitrogens with one attached hydrogen (secondary N) is 1. The van der Waals surface area contributed by atoms with E-state index in [1.54, 1.807) is 18.3 Å². The zero-order valence-electron chi connectivity index (χ0n) is 14.3. The second-order valence-corrected chi connectivity index (χ2v) is 8.53. The van der Waals surface area contributed by atoms with Gasteiger partial charge in [0.1, 0.15) is 0 Å². The minimum atomic E-state index is -3.63. The van der Waals surface area contributed by atoms with Crippen molar-refractivity contribution >= 4 is 37.5 Å². The summed E-state index contributed by atoms with van der Waals surface area (Å²) in [5.41, 5.74) is 3.65. The van der Waals surface area contributed by atoms with Crippen molar-refractivity contribution in [3.8, 4) is 0 Å². The van der Waals surface area contributed by atoms with Crippen LogP contribution in [0.2, 0.25) is 0 Å². The van der Waals surface area contributed by atoms with Gasteiger partial charge in [-0.25, -0.2) is 8.42 Å². The van der Waals surface area contributed by atoms with E-state index in [1.165, 1.54) is 4.31 Å². The maximum Gasteiger partial charge on any atom is 0.264 e. The van der Waals surface area contributed by atoms with Crippen molar-refractivity contribution in [2.75, 3.05) is 10.8 Å². The van der Waals surface area contributed by atoms with E-state index in [0.717, 1.165) is 40.3 Å². The zero-order chi connectivity index (χ0) is 17.9. The van der Waals surface area contributed by atoms with Crippen molar-refractivity contribution < 1.29 is 8.42 Å². The molecular weight excluding hydrogens is 348 g/mol. The number of hydrogen-bond donors (Lipinski definition) is 1. The monoisotopic (exact) mass is 366 g/mol. The molecule has 0 aliphatic carbocycles. The van der Waals surface area contributed by atoms with Crippen LogP contribution < -0.4 is 4.31 Å². The van der Waals surface area contributed by atoms with Crippen molar-refractivity contribution in [3.05, 3.63) is 54.4 Å². The van der Waals surface area contributed by atoms with Crippen molar-refractivity contribution in [2.24, 2.45) is 7.05 Å².